The molecule has 1 saturated carbocycles. The number of carbonyl (C=O) groups excluding carboxylic acids is 1. The standard InChI is InChI=1S/C5H7ClO.C3H6/c1-3-2-4(6)5(3)7;1-3-2/h3-4H,2H2,1H3;3H,1H2,2H3. The molecule has 58 valence electrons. The zero-order chi connectivity index (χ0) is 8.15. The van der Waals surface area contributed by atoms with Crippen LogP contribution in [0.1, 0.15) is 20.3 Å². The number of rotatable bonds is 0. The Balaban J connectivity index is 0.000000236. The molecule has 1 rings (SSSR count). The van der Waals surface area contributed by atoms with Crippen molar-refractivity contribution in [1.29, 1.82) is 0 Å². The number of halogens is 1. The van der Waals surface area contributed by atoms with Gasteiger partial charge in [0.15, 0.2) is 5.78 Å². The second-order valence-corrected chi connectivity index (χ2v) is 2.94. The van der Waals surface area contributed by atoms with Gasteiger partial charge in [0.25, 0.3) is 0 Å². The number of allylic oxidation sites excluding steroid dienone is 1. The molecule has 0 saturated heterocycles. The predicted octanol–water partition coefficient (Wildman–Crippen LogP) is 2.40. The van der Waals surface area contributed by atoms with E-state index in [1.165, 1.54) is 0 Å². The Morgan fingerprint density at radius 3 is 2.20 bits per heavy atom. The third-order valence-corrected chi connectivity index (χ3v) is 1.75. The van der Waals surface area contributed by atoms with Gasteiger partial charge >= 0.3 is 0 Å². The molecule has 10 heavy (non-hydrogen) atoms. The van der Waals surface area contributed by atoms with Crippen molar-refractivity contribution in [1.82, 2.24) is 0 Å². The highest BCUT2D eigenvalue weighted by atomic mass is 35.5. The van der Waals surface area contributed by atoms with Crippen molar-refractivity contribution in [3.05, 3.63) is 12.7 Å². The molecule has 0 spiro atoms. The fourth-order valence-electron chi connectivity index (χ4n) is 0.691. The molecule has 0 aliphatic heterocycles. The van der Waals surface area contributed by atoms with Crippen molar-refractivity contribution in [3.8, 4) is 0 Å². The Kier molecular flexibility index (Phi) is 4.37. The monoisotopic (exact) mass is 160 g/mol. The summed E-state index contributed by atoms with van der Waals surface area (Å²) in [5, 5.41) is -0.157. The van der Waals surface area contributed by atoms with Gasteiger partial charge in [-0.1, -0.05) is 13.0 Å². The summed E-state index contributed by atoms with van der Waals surface area (Å²) in [6.07, 6.45) is 2.63. The Labute approximate surface area is 67.1 Å². The van der Waals surface area contributed by atoms with Gasteiger partial charge in [0.2, 0.25) is 0 Å². The normalized spacial score (nSPS) is 29.7. The topological polar surface area (TPSA) is 17.1 Å². The lowest BCUT2D eigenvalue weighted by atomic mass is 9.85. The van der Waals surface area contributed by atoms with Gasteiger partial charge in [0.1, 0.15) is 0 Å². The van der Waals surface area contributed by atoms with E-state index in [0.717, 1.165) is 6.42 Å². The van der Waals surface area contributed by atoms with E-state index in [-0.39, 0.29) is 17.1 Å². The SMILES string of the molecule is C=CC.CC1CC(Cl)C1=O. The number of ketones is 1. The van der Waals surface area contributed by atoms with Crippen LogP contribution in [0.5, 0.6) is 0 Å². The highest BCUT2D eigenvalue weighted by Gasteiger charge is 2.33. The molecule has 0 aromatic heterocycles. The first kappa shape index (κ1) is 9.70. The Bertz CT molecular complexity index is 121. The highest BCUT2D eigenvalue weighted by molar-refractivity contribution is 6.33. The third-order valence-electron chi connectivity index (χ3n) is 1.35. The van der Waals surface area contributed by atoms with Crippen LogP contribution < -0.4 is 0 Å². The number of alkyl halides is 1. The lowest BCUT2D eigenvalue weighted by molar-refractivity contribution is -0.127. The van der Waals surface area contributed by atoms with Crippen LogP contribution in [0, 0.1) is 5.92 Å². The molecule has 2 atom stereocenters. The van der Waals surface area contributed by atoms with Gasteiger partial charge in [-0.2, -0.15) is 0 Å². The molecule has 0 N–H and O–H groups in total. The van der Waals surface area contributed by atoms with Crippen LogP contribution in [0.3, 0.4) is 0 Å². The molecule has 0 aromatic rings. The summed E-state index contributed by atoms with van der Waals surface area (Å²) in [5.74, 6) is 0.448. The molecular weight excluding hydrogens is 148 g/mol. The van der Waals surface area contributed by atoms with Gasteiger partial charge in [-0.25, -0.2) is 0 Å². The molecule has 0 bridgehead atoms. The minimum atomic E-state index is -0.157. The molecule has 2 unspecified atom stereocenters. The first-order valence-corrected chi connectivity index (χ1v) is 3.82. The zero-order valence-corrected chi connectivity index (χ0v) is 7.19. The molecule has 0 aromatic carbocycles. The highest BCUT2D eigenvalue weighted by Crippen LogP contribution is 2.26. The Hall–Kier alpha value is -0.300. The largest absolute Gasteiger partial charge is 0.298 e. The van der Waals surface area contributed by atoms with E-state index >= 15 is 0 Å². The summed E-state index contributed by atoms with van der Waals surface area (Å²) in [7, 11) is 0. The van der Waals surface area contributed by atoms with E-state index < -0.39 is 0 Å². The van der Waals surface area contributed by atoms with Crippen LogP contribution in [0.15, 0.2) is 12.7 Å². The summed E-state index contributed by atoms with van der Waals surface area (Å²) in [5.41, 5.74) is 0. The van der Waals surface area contributed by atoms with Crippen molar-refractivity contribution in [3.63, 3.8) is 0 Å². The van der Waals surface area contributed by atoms with Gasteiger partial charge in [-0.05, 0) is 13.3 Å². The van der Waals surface area contributed by atoms with E-state index in [4.69, 9.17) is 11.6 Å². The molecule has 1 fully saturated rings. The average Bonchev–Trinajstić information content (AvgIpc) is 1.90. The predicted molar refractivity (Wildman–Crippen MR) is 44.3 cm³/mol. The first-order valence-electron chi connectivity index (χ1n) is 3.38. The van der Waals surface area contributed by atoms with Crippen molar-refractivity contribution >= 4 is 17.4 Å². The molecule has 2 heteroatoms. The molecule has 0 heterocycles. The van der Waals surface area contributed by atoms with Gasteiger partial charge < -0.3 is 0 Å². The van der Waals surface area contributed by atoms with E-state index in [1.807, 2.05) is 13.8 Å². The maximum Gasteiger partial charge on any atom is 0.153 e. The fourth-order valence-corrected chi connectivity index (χ4v) is 1.17. The van der Waals surface area contributed by atoms with Gasteiger partial charge in [0, 0.05) is 5.92 Å². The van der Waals surface area contributed by atoms with Crippen molar-refractivity contribution < 1.29 is 4.79 Å². The summed E-state index contributed by atoms with van der Waals surface area (Å²) in [6.45, 7) is 7.15. The van der Waals surface area contributed by atoms with E-state index in [9.17, 15) is 4.79 Å². The van der Waals surface area contributed by atoms with E-state index in [1.54, 1.807) is 6.08 Å². The first-order chi connectivity index (χ1) is 4.63. The van der Waals surface area contributed by atoms with Gasteiger partial charge in [-0.15, -0.1) is 18.2 Å². The summed E-state index contributed by atoms with van der Waals surface area (Å²) in [6, 6.07) is 0. The molecule has 1 aliphatic rings. The molecule has 0 amide bonds. The molecular formula is C8H13ClO. The van der Waals surface area contributed by atoms with E-state index in [0.29, 0.717) is 0 Å². The molecule has 0 radical (unpaired) electrons. The maximum atomic E-state index is 10.4. The Morgan fingerprint density at radius 2 is 2.20 bits per heavy atom. The van der Waals surface area contributed by atoms with Crippen LogP contribution in [-0.2, 0) is 4.79 Å². The van der Waals surface area contributed by atoms with Crippen LogP contribution in [-0.4, -0.2) is 11.2 Å². The minimum Gasteiger partial charge on any atom is -0.298 e. The number of Topliss-reactive ketones (excluding diaryl/α,β-unsaturated/α-hetero) is 1. The van der Waals surface area contributed by atoms with Gasteiger partial charge in [-0.3, -0.25) is 4.79 Å². The molecule has 1 nitrogen and oxygen atoms in total. The van der Waals surface area contributed by atoms with E-state index in [2.05, 4.69) is 6.58 Å². The second-order valence-electron chi connectivity index (χ2n) is 2.41. The van der Waals surface area contributed by atoms with Crippen LogP contribution in [0.4, 0.5) is 0 Å². The lowest BCUT2D eigenvalue weighted by Gasteiger charge is -2.24. The third kappa shape index (κ3) is 2.53. The van der Waals surface area contributed by atoms with Crippen molar-refractivity contribution in [2.45, 2.75) is 25.6 Å². The smallest absolute Gasteiger partial charge is 0.153 e. The summed E-state index contributed by atoms with van der Waals surface area (Å²) in [4.78, 5) is 10.4. The second kappa shape index (κ2) is 4.51. The molecule has 1 aliphatic carbocycles. The summed E-state index contributed by atoms with van der Waals surface area (Å²) >= 11 is 5.44. The number of hydrogen-bond acceptors (Lipinski definition) is 1. The fraction of sp³-hybridized carbons (Fsp3) is 0.625. The number of hydrogen-bond donors (Lipinski definition) is 0. The Morgan fingerprint density at radius 1 is 1.80 bits per heavy atom. The maximum absolute atomic E-state index is 10.4. The average molecular weight is 161 g/mol. The van der Waals surface area contributed by atoms with Crippen molar-refractivity contribution in [2.75, 3.05) is 0 Å². The van der Waals surface area contributed by atoms with Crippen LogP contribution in [0.25, 0.3) is 0 Å². The quantitative estimate of drug-likeness (QED) is 0.393. The zero-order valence-electron chi connectivity index (χ0n) is 6.43. The van der Waals surface area contributed by atoms with Crippen LogP contribution >= 0.6 is 11.6 Å². The number of carbonyl (C=O) groups is 1. The lowest BCUT2D eigenvalue weighted by Crippen LogP contribution is -2.35. The summed E-state index contributed by atoms with van der Waals surface area (Å²) < 4.78 is 0. The minimum absolute atomic E-state index is 0.157. The van der Waals surface area contributed by atoms with Gasteiger partial charge in [0.05, 0.1) is 5.38 Å². The van der Waals surface area contributed by atoms with Crippen molar-refractivity contribution in [2.24, 2.45) is 5.92 Å². The van der Waals surface area contributed by atoms with Crippen LogP contribution in [0.2, 0.25) is 0 Å².